The maximum Gasteiger partial charge on any atom is 0.429 e. The molecular weight excluding hydrogens is 562 g/mol. The van der Waals surface area contributed by atoms with Crippen LogP contribution in [0.3, 0.4) is 0 Å². The molecule has 0 heterocycles. The first-order chi connectivity index (χ1) is 19.2. The predicted molar refractivity (Wildman–Crippen MR) is 149 cm³/mol. The number of alkyl halides is 6. The van der Waals surface area contributed by atoms with Crippen molar-refractivity contribution < 1.29 is 46.8 Å². The Kier molecular flexibility index (Phi) is 10.6. The number of fused-ring (bicyclic) bond motifs is 1. The van der Waals surface area contributed by atoms with Crippen LogP contribution in [0.15, 0.2) is 47.6 Å². The monoisotopic (exact) mass is 608 g/mol. The first kappa shape index (κ1) is 34.9. The van der Waals surface area contributed by atoms with Gasteiger partial charge in [-0.1, -0.05) is 43.7 Å². The van der Waals surface area contributed by atoms with Crippen LogP contribution < -0.4 is 0 Å². The van der Waals surface area contributed by atoms with E-state index in [2.05, 4.69) is 13.5 Å². The lowest BCUT2D eigenvalue weighted by Crippen LogP contribution is -2.55. The molecule has 0 aromatic heterocycles. The number of aliphatic hydroxyl groups is 4. The van der Waals surface area contributed by atoms with Crippen molar-refractivity contribution in [3.8, 4) is 0 Å². The molecule has 3 fully saturated rings. The second-order valence-corrected chi connectivity index (χ2v) is 13.5. The molecule has 3 saturated carbocycles. The molecule has 0 amide bonds. The molecule has 10 heteroatoms. The number of hydrogen-bond acceptors (Lipinski definition) is 4. The van der Waals surface area contributed by atoms with Gasteiger partial charge in [0.25, 0.3) is 5.60 Å². The molecule has 0 radical (unpaired) electrons. The highest BCUT2D eigenvalue weighted by Gasteiger charge is 2.69. The summed E-state index contributed by atoms with van der Waals surface area (Å²) in [5, 5.41) is 40.1. The Bertz CT molecular complexity index is 1040. The Morgan fingerprint density at radius 2 is 1.67 bits per heavy atom. The van der Waals surface area contributed by atoms with Crippen molar-refractivity contribution in [2.75, 3.05) is 0 Å². The number of rotatable bonds is 9. The SMILES string of the molecule is C=C1/C(=C\C=C2/CCC[C@@]3(C)C2CC[C@@H]3C(C/C=C/C(O)(C(F)(F)F)C(F)(F)F)CCCC(C)(C)O)C[C@@H](O)C[C@@H]1O. The normalized spacial score (nSPS) is 32.6. The smallest absolute Gasteiger partial charge is 0.393 e. The molecule has 3 aliphatic carbocycles. The molecule has 0 saturated heterocycles. The van der Waals surface area contributed by atoms with Crippen LogP contribution in [0.4, 0.5) is 26.3 Å². The summed E-state index contributed by atoms with van der Waals surface area (Å²) in [7, 11) is 0. The van der Waals surface area contributed by atoms with E-state index in [0.29, 0.717) is 31.3 Å². The summed E-state index contributed by atoms with van der Waals surface area (Å²) >= 11 is 0. The van der Waals surface area contributed by atoms with E-state index in [-0.39, 0.29) is 42.1 Å². The van der Waals surface area contributed by atoms with E-state index in [0.717, 1.165) is 43.8 Å². The molecule has 2 unspecified atom stereocenters. The van der Waals surface area contributed by atoms with Crippen molar-refractivity contribution >= 4 is 0 Å². The summed E-state index contributed by atoms with van der Waals surface area (Å²) < 4.78 is 79.6. The van der Waals surface area contributed by atoms with E-state index in [1.807, 2.05) is 12.2 Å². The molecule has 6 atom stereocenters. The summed E-state index contributed by atoms with van der Waals surface area (Å²) in [6.45, 7) is 9.45. The maximum atomic E-state index is 13.3. The number of aliphatic hydroxyl groups excluding tert-OH is 2. The summed E-state index contributed by atoms with van der Waals surface area (Å²) in [6, 6.07) is 0. The molecular formula is C32H46F6O4. The summed E-state index contributed by atoms with van der Waals surface area (Å²) in [6.07, 6.45) is -2.24. The van der Waals surface area contributed by atoms with E-state index in [9.17, 15) is 46.8 Å². The van der Waals surface area contributed by atoms with Crippen molar-refractivity contribution in [1.82, 2.24) is 0 Å². The van der Waals surface area contributed by atoms with Crippen LogP contribution in [0.25, 0.3) is 0 Å². The van der Waals surface area contributed by atoms with Crippen LogP contribution in [0.5, 0.6) is 0 Å². The van der Waals surface area contributed by atoms with Gasteiger partial charge in [-0.25, -0.2) is 0 Å². The number of hydrogen-bond donors (Lipinski definition) is 4. The predicted octanol–water partition coefficient (Wildman–Crippen LogP) is 7.49. The Morgan fingerprint density at radius 1 is 1.02 bits per heavy atom. The molecule has 4 nitrogen and oxygen atoms in total. The van der Waals surface area contributed by atoms with E-state index in [1.165, 1.54) is 5.57 Å². The van der Waals surface area contributed by atoms with Crippen molar-refractivity contribution in [3.05, 3.63) is 47.6 Å². The maximum absolute atomic E-state index is 13.3. The van der Waals surface area contributed by atoms with Crippen LogP contribution >= 0.6 is 0 Å². The molecule has 0 aromatic carbocycles. The lowest BCUT2D eigenvalue weighted by atomic mass is 9.60. The molecule has 0 bridgehead atoms. The lowest BCUT2D eigenvalue weighted by Gasteiger charge is -2.45. The molecule has 3 rings (SSSR count). The Hall–Kier alpha value is -1.62. The Balaban J connectivity index is 1.87. The second kappa shape index (κ2) is 12.8. The average molecular weight is 609 g/mol. The minimum atomic E-state index is -5.91. The summed E-state index contributed by atoms with van der Waals surface area (Å²) in [5.41, 5.74) is -3.48. The molecule has 0 aromatic rings. The van der Waals surface area contributed by atoms with Gasteiger partial charge >= 0.3 is 12.4 Å². The van der Waals surface area contributed by atoms with Crippen LogP contribution in [-0.4, -0.2) is 56.2 Å². The largest absolute Gasteiger partial charge is 0.429 e. The van der Waals surface area contributed by atoms with Crippen molar-refractivity contribution in [3.63, 3.8) is 0 Å². The van der Waals surface area contributed by atoms with Gasteiger partial charge in [0, 0.05) is 6.42 Å². The summed E-state index contributed by atoms with van der Waals surface area (Å²) in [5.74, 6) is -0.0169. The quantitative estimate of drug-likeness (QED) is 0.162. The van der Waals surface area contributed by atoms with Gasteiger partial charge in [-0.05, 0) is 112 Å². The van der Waals surface area contributed by atoms with Gasteiger partial charge in [0.05, 0.1) is 17.8 Å². The highest BCUT2D eigenvalue weighted by Crippen LogP contribution is 2.60. The topological polar surface area (TPSA) is 80.9 Å². The highest BCUT2D eigenvalue weighted by molar-refractivity contribution is 5.38. The zero-order valence-corrected chi connectivity index (χ0v) is 24.7. The van der Waals surface area contributed by atoms with Crippen LogP contribution in [-0.2, 0) is 0 Å². The Morgan fingerprint density at radius 3 is 2.26 bits per heavy atom. The zero-order chi connectivity index (χ0) is 31.7. The molecule has 0 aliphatic heterocycles. The third-order valence-electron chi connectivity index (χ3n) is 9.90. The fraction of sp³-hybridized carbons (Fsp3) is 0.750. The summed E-state index contributed by atoms with van der Waals surface area (Å²) in [4.78, 5) is 0. The second-order valence-electron chi connectivity index (χ2n) is 13.5. The average Bonchev–Trinajstić information content (AvgIpc) is 3.19. The third-order valence-corrected chi connectivity index (χ3v) is 9.90. The van der Waals surface area contributed by atoms with Crippen molar-refractivity contribution in [1.29, 1.82) is 0 Å². The zero-order valence-electron chi connectivity index (χ0n) is 24.7. The van der Waals surface area contributed by atoms with E-state index < -0.39 is 35.8 Å². The van der Waals surface area contributed by atoms with Gasteiger partial charge in [-0.2, -0.15) is 26.3 Å². The standard InChI is InChI=1S/C32H46F6O4/c1-20-23(18-24(39)19-27(20)40)12-11-22-9-6-16-29(4)25(13-14-26(22)29)21(8-5-15-28(2,3)41)10-7-17-30(42,31(33,34)35)32(36,37)38/h7,11-12,17,21,24-27,39-42H,1,5-6,8-10,13-16,18-19H2,2-4H3/b17-7+,22-11+,23-12-/t21?,24-,25-,26?,27+,29-/m1/s1. The molecule has 42 heavy (non-hydrogen) atoms. The number of allylic oxidation sites excluding steroid dienone is 4. The third kappa shape index (κ3) is 7.71. The van der Waals surface area contributed by atoms with Crippen LogP contribution in [0, 0.1) is 23.2 Å². The first-order valence-electron chi connectivity index (χ1n) is 14.9. The van der Waals surface area contributed by atoms with Gasteiger partial charge < -0.3 is 20.4 Å². The van der Waals surface area contributed by atoms with Crippen LogP contribution in [0.1, 0.15) is 91.4 Å². The molecule has 0 spiro atoms. The van der Waals surface area contributed by atoms with Gasteiger partial charge in [0.2, 0.25) is 0 Å². The van der Waals surface area contributed by atoms with E-state index >= 15 is 0 Å². The van der Waals surface area contributed by atoms with Crippen LogP contribution in [0.2, 0.25) is 0 Å². The fourth-order valence-corrected chi connectivity index (χ4v) is 7.56. The van der Waals surface area contributed by atoms with Crippen molar-refractivity contribution in [2.24, 2.45) is 23.2 Å². The van der Waals surface area contributed by atoms with Gasteiger partial charge in [-0.15, -0.1) is 0 Å². The molecule has 3 aliphatic rings. The van der Waals surface area contributed by atoms with Gasteiger partial charge in [-0.3, -0.25) is 0 Å². The van der Waals surface area contributed by atoms with Crippen molar-refractivity contribution in [2.45, 2.75) is 127 Å². The molecule has 240 valence electrons. The van der Waals surface area contributed by atoms with E-state index in [1.54, 1.807) is 13.8 Å². The highest BCUT2D eigenvalue weighted by atomic mass is 19.4. The van der Waals surface area contributed by atoms with Gasteiger partial charge in [0.15, 0.2) is 0 Å². The minimum Gasteiger partial charge on any atom is -0.393 e. The van der Waals surface area contributed by atoms with Gasteiger partial charge in [0.1, 0.15) is 0 Å². The fourth-order valence-electron chi connectivity index (χ4n) is 7.56. The number of halogens is 6. The minimum absolute atomic E-state index is 0.0310. The Labute approximate surface area is 244 Å². The first-order valence-corrected chi connectivity index (χ1v) is 14.9. The van der Waals surface area contributed by atoms with E-state index in [4.69, 9.17) is 0 Å². The lowest BCUT2D eigenvalue weighted by molar-refractivity contribution is -0.347. The molecule has 4 N–H and O–H groups in total.